The van der Waals surface area contributed by atoms with Crippen molar-refractivity contribution < 1.29 is 22.7 Å². The van der Waals surface area contributed by atoms with Crippen LogP contribution in [0.3, 0.4) is 0 Å². The zero-order chi connectivity index (χ0) is 18.7. The molecule has 0 aliphatic carbocycles. The van der Waals surface area contributed by atoms with Crippen molar-refractivity contribution in [2.24, 2.45) is 5.92 Å². The molecule has 1 aliphatic heterocycles. The molecule has 0 bridgehead atoms. The molecule has 0 unspecified atom stereocenters. The summed E-state index contributed by atoms with van der Waals surface area (Å²) in [5, 5.41) is 0.527. The number of ether oxygens (including phenoxy) is 2. The standard InChI is InChI=1S/C18H22N2O5S/c1-3-25-18(21)13-8-11-20(12-9-13)26(22,23)16-7-10-19-17-14(16)5-4-6-15(17)24-2/h4-7,10,13H,3,8-9,11-12H2,1-2H3. The van der Waals surface area contributed by atoms with E-state index in [0.717, 1.165) is 0 Å². The van der Waals surface area contributed by atoms with Gasteiger partial charge in [0.2, 0.25) is 10.0 Å². The molecule has 7 nitrogen and oxygen atoms in total. The molecule has 1 aromatic carbocycles. The van der Waals surface area contributed by atoms with Crippen LogP contribution in [0.2, 0.25) is 0 Å². The number of nitrogens with zero attached hydrogens (tertiary/aromatic N) is 2. The number of carbonyl (C=O) groups is 1. The highest BCUT2D eigenvalue weighted by atomic mass is 32.2. The summed E-state index contributed by atoms with van der Waals surface area (Å²) in [7, 11) is -2.16. The summed E-state index contributed by atoms with van der Waals surface area (Å²) in [6.45, 7) is 2.68. The summed E-state index contributed by atoms with van der Waals surface area (Å²) in [5.74, 6) is 0.0416. The SMILES string of the molecule is CCOC(=O)C1CCN(S(=O)(=O)c2ccnc3c(OC)cccc23)CC1. The van der Waals surface area contributed by atoms with Gasteiger partial charge in [-0.05, 0) is 31.9 Å². The molecule has 2 aromatic rings. The fourth-order valence-corrected chi connectivity index (χ4v) is 4.89. The van der Waals surface area contributed by atoms with Crippen molar-refractivity contribution in [2.75, 3.05) is 26.8 Å². The van der Waals surface area contributed by atoms with Gasteiger partial charge in [-0.25, -0.2) is 8.42 Å². The van der Waals surface area contributed by atoms with Crippen LogP contribution in [0.5, 0.6) is 5.75 Å². The zero-order valence-corrected chi connectivity index (χ0v) is 15.7. The predicted molar refractivity (Wildman–Crippen MR) is 96.4 cm³/mol. The monoisotopic (exact) mass is 378 g/mol. The number of pyridine rings is 1. The van der Waals surface area contributed by atoms with E-state index in [4.69, 9.17) is 9.47 Å². The summed E-state index contributed by atoms with van der Waals surface area (Å²) in [4.78, 5) is 16.3. The van der Waals surface area contributed by atoms with Crippen molar-refractivity contribution in [2.45, 2.75) is 24.7 Å². The van der Waals surface area contributed by atoms with Crippen LogP contribution in [0, 0.1) is 5.92 Å². The van der Waals surface area contributed by atoms with Crippen molar-refractivity contribution in [3.8, 4) is 5.75 Å². The molecular formula is C18H22N2O5S. The molecule has 8 heteroatoms. The van der Waals surface area contributed by atoms with Gasteiger partial charge in [-0.3, -0.25) is 9.78 Å². The van der Waals surface area contributed by atoms with E-state index >= 15 is 0 Å². The minimum absolute atomic E-state index is 0.205. The third kappa shape index (κ3) is 3.39. The number of carbonyl (C=O) groups excluding carboxylic acids is 1. The third-order valence-corrected chi connectivity index (χ3v) is 6.56. The van der Waals surface area contributed by atoms with E-state index < -0.39 is 10.0 Å². The van der Waals surface area contributed by atoms with E-state index in [1.165, 1.54) is 23.7 Å². The number of rotatable bonds is 5. The topological polar surface area (TPSA) is 85.8 Å². The Morgan fingerprint density at radius 1 is 1.27 bits per heavy atom. The number of sulfonamides is 1. The number of hydrogen-bond acceptors (Lipinski definition) is 6. The van der Waals surface area contributed by atoms with Crippen molar-refractivity contribution in [1.82, 2.24) is 9.29 Å². The number of fused-ring (bicyclic) bond motifs is 1. The predicted octanol–water partition coefficient (Wildman–Crippen LogP) is 2.21. The van der Waals surface area contributed by atoms with Crippen LogP contribution < -0.4 is 4.74 Å². The maximum atomic E-state index is 13.1. The van der Waals surface area contributed by atoms with Gasteiger partial charge in [0.15, 0.2) is 0 Å². The van der Waals surface area contributed by atoms with Crippen LogP contribution in [0.25, 0.3) is 10.9 Å². The second kappa shape index (κ2) is 7.59. The molecule has 0 radical (unpaired) electrons. The van der Waals surface area contributed by atoms with Crippen molar-refractivity contribution >= 4 is 26.9 Å². The molecule has 0 N–H and O–H groups in total. The van der Waals surface area contributed by atoms with Crippen molar-refractivity contribution in [1.29, 1.82) is 0 Å². The minimum Gasteiger partial charge on any atom is -0.494 e. The number of hydrogen-bond donors (Lipinski definition) is 0. The molecule has 140 valence electrons. The van der Waals surface area contributed by atoms with Gasteiger partial charge in [-0.1, -0.05) is 12.1 Å². The van der Waals surface area contributed by atoms with Crippen molar-refractivity contribution in [3.05, 3.63) is 30.5 Å². The molecule has 1 aliphatic rings. The fourth-order valence-electron chi connectivity index (χ4n) is 3.24. The summed E-state index contributed by atoms with van der Waals surface area (Å²) >= 11 is 0. The van der Waals surface area contributed by atoms with E-state index in [0.29, 0.717) is 49.2 Å². The number of benzene rings is 1. The number of piperidine rings is 1. The molecule has 1 aromatic heterocycles. The third-order valence-electron chi connectivity index (χ3n) is 4.61. The Bertz CT molecular complexity index is 905. The maximum absolute atomic E-state index is 13.1. The Kier molecular flexibility index (Phi) is 5.43. The highest BCUT2D eigenvalue weighted by molar-refractivity contribution is 7.89. The van der Waals surface area contributed by atoms with Crippen molar-refractivity contribution in [3.63, 3.8) is 0 Å². The Morgan fingerprint density at radius 2 is 2.00 bits per heavy atom. The van der Waals surface area contributed by atoms with Crippen LogP contribution in [-0.4, -0.2) is 50.5 Å². The average Bonchev–Trinajstić information content (AvgIpc) is 2.67. The van der Waals surface area contributed by atoms with Gasteiger partial charge in [0.25, 0.3) is 0 Å². The van der Waals surface area contributed by atoms with E-state index in [1.807, 2.05) is 0 Å². The van der Waals surface area contributed by atoms with Gasteiger partial charge in [-0.15, -0.1) is 0 Å². The Balaban J connectivity index is 1.88. The molecule has 2 heterocycles. The molecule has 0 spiro atoms. The molecule has 26 heavy (non-hydrogen) atoms. The molecular weight excluding hydrogens is 356 g/mol. The Hall–Kier alpha value is -2.19. The summed E-state index contributed by atoms with van der Waals surface area (Å²) in [6.07, 6.45) is 2.40. The van der Waals surface area contributed by atoms with Crippen LogP contribution in [0.4, 0.5) is 0 Å². The summed E-state index contributed by atoms with van der Waals surface area (Å²) in [5.41, 5.74) is 0.512. The van der Waals surface area contributed by atoms with Crippen LogP contribution in [0.1, 0.15) is 19.8 Å². The number of esters is 1. The Morgan fingerprint density at radius 3 is 2.65 bits per heavy atom. The highest BCUT2D eigenvalue weighted by Crippen LogP contribution is 2.31. The second-order valence-electron chi connectivity index (χ2n) is 6.10. The first-order valence-electron chi connectivity index (χ1n) is 8.57. The largest absolute Gasteiger partial charge is 0.494 e. The lowest BCUT2D eigenvalue weighted by molar-refractivity contribution is -0.149. The van der Waals surface area contributed by atoms with Crippen LogP contribution in [0.15, 0.2) is 35.4 Å². The van der Waals surface area contributed by atoms with Gasteiger partial charge < -0.3 is 9.47 Å². The minimum atomic E-state index is -3.69. The Labute approximate surface area is 153 Å². The van der Waals surface area contributed by atoms with Gasteiger partial charge in [-0.2, -0.15) is 4.31 Å². The molecule has 1 saturated heterocycles. The number of aromatic nitrogens is 1. The fraction of sp³-hybridized carbons (Fsp3) is 0.444. The van der Waals surface area contributed by atoms with E-state index in [9.17, 15) is 13.2 Å². The lowest BCUT2D eigenvalue weighted by Gasteiger charge is -2.30. The maximum Gasteiger partial charge on any atom is 0.309 e. The smallest absolute Gasteiger partial charge is 0.309 e. The first-order valence-corrected chi connectivity index (χ1v) is 10.0. The molecule has 0 saturated carbocycles. The van der Waals surface area contributed by atoms with Gasteiger partial charge >= 0.3 is 5.97 Å². The number of methoxy groups -OCH3 is 1. The number of para-hydroxylation sites is 1. The van der Waals surface area contributed by atoms with E-state index in [-0.39, 0.29) is 16.8 Å². The lowest BCUT2D eigenvalue weighted by Crippen LogP contribution is -2.40. The molecule has 0 amide bonds. The van der Waals surface area contributed by atoms with Crippen LogP contribution in [-0.2, 0) is 19.6 Å². The van der Waals surface area contributed by atoms with E-state index in [1.54, 1.807) is 25.1 Å². The van der Waals surface area contributed by atoms with Gasteiger partial charge in [0, 0.05) is 24.7 Å². The highest BCUT2D eigenvalue weighted by Gasteiger charge is 2.33. The zero-order valence-electron chi connectivity index (χ0n) is 14.8. The first-order chi connectivity index (χ1) is 12.5. The molecule has 1 fully saturated rings. The van der Waals surface area contributed by atoms with Gasteiger partial charge in [0.05, 0.1) is 24.5 Å². The summed E-state index contributed by atoms with van der Waals surface area (Å²) < 4.78 is 38.0. The second-order valence-corrected chi connectivity index (χ2v) is 8.00. The summed E-state index contributed by atoms with van der Waals surface area (Å²) in [6, 6.07) is 6.73. The first kappa shape index (κ1) is 18.6. The van der Waals surface area contributed by atoms with Crippen LogP contribution >= 0.6 is 0 Å². The van der Waals surface area contributed by atoms with Gasteiger partial charge in [0.1, 0.15) is 11.3 Å². The quantitative estimate of drug-likeness (QED) is 0.742. The molecule has 0 atom stereocenters. The average molecular weight is 378 g/mol. The normalized spacial score (nSPS) is 16.5. The molecule has 3 rings (SSSR count). The van der Waals surface area contributed by atoms with E-state index in [2.05, 4.69) is 4.98 Å². The lowest BCUT2D eigenvalue weighted by atomic mass is 9.98.